The Morgan fingerprint density at radius 2 is 1.46 bits per heavy atom. The summed E-state index contributed by atoms with van der Waals surface area (Å²) in [6.45, 7) is 0.663. The molecule has 2 aromatic rings. The van der Waals surface area contributed by atoms with Crippen molar-refractivity contribution in [3.05, 3.63) is 48.5 Å². The van der Waals surface area contributed by atoms with E-state index in [0.29, 0.717) is 18.7 Å². The van der Waals surface area contributed by atoms with E-state index in [1.165, 1.54) is 24.3 Å². The van der Waals surface area contributed by atoms with Gasteiger partial charge in [0.2, 0.25) is 5.91 Å². The second kappa shape index (κ2) is 6.73. The maximum atomic E-state index is 12.4. The molecule has 138 valence electrons. The number of amides is 1. The van der Waals surface area contributed by atoms with Crippen molar-refractivity contribution in [1.29, 1.82) is 0 Å². The minimum atomic E-state index is -3.84. The Balaban J connectivity index is 1.78. The van der Waals surface area contributed by atoms with Crippen molar-refractivity contribution in [2.75, 3.05) is 22.4 Å². The first kappa shape index (κ1) is 18.4. The van der Waals surface area contributed by atoms with Gasteiger partial charge in [-0.2, -0.15) is 0 Å². The first-order chi connectivity index (χ1) is 12.2. The highest BCUT2D eigenvalue weighted by Crippen LogP contribution is 2.24. The van der Waals surface area contributed by atoms with Crippen molar-refractivity contribution in [3.63, 3.8) is 0 Å². The van der Waals surface area contributed by atoms with Gasteiger partial charge in [0.1, 0.15) is 0 Å². The molecule has 1 fully saturated rings. The van der Waals surface area contributed by atoms with E-state index in [4.69, 9.17) is 0 Å². The van der Waals surface area contributed by atoms with Gasteiger partial charge in [0.05, 0.1) is 9.79 Å². The third-order valence-electron chi connectivity index (χ3n) is 4.07. The second-order valence-corrected chi connectivity index (χ2v) is 9.74. The highest BCUT2D eigenvalue weighted by Gasteiger charge is 2.22. The third-order valence-corrected chi connectivity index (χ3v) is 6.59. The first-order valence-electron chi connectivity index (χ1n) is 7.90. The molecule has 0 saturated carbocycles. The summed E-state index contributed by atoms with van der Waals surface area (Å²) in [4.78, 5) is 13.4. The predicted octanol–water partition coefficient (Wildman–Crippen LogP) is 2.02. The van der Waals surface area contributed by atoms with Gasteiger partial charge in [0, 0.05) is 30.6 Å². The van der Waals surface area contributed by atoms with Gasteiger partial charge in [-0.1, -0.05) is 0 Å². The SMILES string of the molecule is CS(=O)(=O)c1ccc(S(=O)(=O)Nc2ccc(N3CCCC3=O)cc2)cc1. The summed E-state index contributed by atoms with van der Waals surface area (Å²) in [6.07, 6.45) is 2.40. The van der Waals surface area contributed by atoms with E-state index < -0.39 is 19.9 Å². The van der Waals surface area contributed by atoms with Gasteiger partial charge in [-0.05, 0) is 55.0 Å². The fraction of sp³-hybridized carbons (Fsp3) is 0.235. The molecule has 1 saturated heterocycles. The number of hydrogen-bond donors (Lipinski definition) is 1. The van der Waals surface area contributed by atoms with E-state index >= 15 is 0 Å². The van der Waals surface area contributed by atoms with Crippen LogP contribution in [-0.2, 0) is 24.7 Å². The number of rotatable bonds is 5. The number of nitrogens with one attached hydrogen (secondary N) is 1. The van der Waals surface area contributed by atoms with Crippen LogP contribution in [0, 0.1) is 0 Å². The molecule has 7 nitrogen and oxygen atoms in total. The molecule has 1 heterocycles. The molecule has 0 atom stereocenters. The molecule has 1 aliphatic rings. The van der Waals surface area contributed by atoms with Gasteiger partial charge in [-0.3, -0.25) is 9.52 Å². The number of carbonyl (C=O) groups is 1. The van der Waals surface area contributed by atoms with Gasteiger partial charge in [0.25, 0.3) is 10.0 Å². The molecule has 0 unspecified atom stereocenters. The Labute approximate surface area is 152 Å². The lowest BCUT2D eigenvalue weighted by Gasteiger charge is -2.16. The minimum absolute atomic E-state index is 0.0382. The second-order valence-electron chi connectivity index (χ2n) is 6.04. The third kappa shape index (κ3) is 3.88. The Kier molecular flexibility index (Phi) is 4.76. The van der Waals surface area contributed by atoms with Crippen LogP contribution in [0.4, 0.5) is 11.4 Å². The van der Waals surface area contributed by atoms with E-state index in [-0.39, 0.29) is 15.7 Å². The van der Waals surface area contributed by atoms with Gasteiger partial charge >= 0.3 is 0 Å². The normalized spacial score (nSPS) is 15.3. The van der Waals surface area contributed by atoms with Crippen molar-refractivity contribution in [3.8, 4) is 0 Å². The van der Waals surface area contributed by atoms with E-state index in [1.807, 2.05) is 0 Å². The standard InChI is InChI=1S/C17H18N2O5S2/c1-25(21,22)15-8-10-16(11-9-15)26(23,24)18-13-4-6-14(7-5-13)19-12-2-3-17(19)20/h4-11,18H,2-3,12H2,1H3. The number of carbonyl (C=O) groups excluding carboxylic acids is 1. The number of benzene rings is 2. The Hall–Kier alpha value is -2.39. The summed E-state index contributed by atoms with van der Waals surface area (Å²) in [5.41, 5.74) is 1.08. The maximum absolute atomic E-state index is 12.4. The van der Waals surface area contributed by atoms with E-state index in [2.05, 4.69) is 4.72 Å². The van der Waals surface area contributed by atoms with Crippen LogP contribution in [0.15, 0.2) is 58.3 Å². The zero-order chi connectivity index (χ0) is 18.9. The van der Waals surface area contributed by atoms with Crippen LogP contribution in [0.5, 0.6) is 0 Å². The van der Waals surface area contributed by atoms with Crippen molar-refractivity contribution in [1.82, 2.24) is 0 Å². The molecule has 1 N–H and O–H groups in total. The predicted molar refractivity (Wildman–Crippen MR) is 98.4 cm³/mol. The van der Waals surface area contributed by atoms with Gasteiger partial charge in [-0.25, -0.2) is 16.8 Å². The van der Waals surface area contributed by atoms with E-state index in [9.17, 15) is 21.6 Å². The summed E-state index contributed by atoms with van der Waals surface area (Å²) >= 11 is 0. The van der Waals surface area contributed by atoms with Crippen molar-refractivity contribution < 1.29 is 21.6 Å². The average molecular weight is 394 g/mol. The molecule has 26 heavy (non-hydrogen) atoms. The molecular formula is C17H18N2O5S2. The van der Waals surface area contributed by atoms with Gasteiger partial charge in [0.15, 0.2) is 9.84 Å². The fourth-order valence-electron chi connectivity index (χ4n) is 2.71. The number of anilines is 2. The molecule has 1 aliphatic heterocycles. The summed E-state index contributed by atoms with van der Waals surface area (Å²) in [6, 6.07) is 11.6. The number of nitrogens with zero attached hydrogens (tertiary/aromatic N) is 1. The largest absolute Gasteiger partial charge is 0.312 e. The molecule has 0 aromatic heterocycles. The molecule has 0 radical (unpaired) electrons. The lowest BCUT2D eigenvalue weighted by atomic mass is 10.2. The molecule has 0 bridgehead atoms. The van der Waals surface area contributed by atoms with Crippen LogP contribution in [0.1, 0.15) is 12.8 Å². The molecule has 9 heteroatoms. The van der Waals surface area contributed by atoms with Crippen molar-refractivity contribution in [2.45, 2.75) is 22.6 Å². The van der Waals surface area contributed by atoms with E-state index in [0.717, 1.165) is 18.4 Å². The smallest absolute Gasteiger partial charge is 0.261 e. The lowest BCUT2D eigenvalue weighted by Crippen LogP contribution is -2.23. The zero-order valence-electron chi connectivity index (χ0n) is 14.0. The lowest BCUT2D eigenvalue weighted by molar-refractivity contribution is -0.117. The van der Waals surface area contributed by atoms with Crippen molar-refractivity contribution >= 4 is 37.1 Å². The topological polar surface area (TPSA) is 101 Å². The van der Waals surface area contributed by atoms with Gasteiger partial charge in [-0.15, -0.1) is 0 Å². The van der Waals surface area contributed by atoms with Crippen LogP contribution in [-0.4, -0.2) is 35.5 Å². The first-order valence-corrected chi connectivity index (χ1v) is 11.3. The molecule has 3 rings (SSSR count). The fourth-order valence-corrected chi connectivity index (χ4v) is 4.40. The van der Waals surface area contributed by atoms with Gasteiger partial charge < -0.3 is 4.90 Å². The van der Waals surface area contributed by atoms with Crippen LogP contribution in [0.25, 0.3) is 0 Å². The summed E-state index contributed by atoms with van der Waals surface area (Å²) in [5, 5.41) is 0. The summed E-state index contributed by atoms with van der Waals surface area (Å²) in [5.74, 6) is 0.0595. The van der Waals surface area contributed by atoms with Crippen molar-refractivity contribution in [2.24, 2.45) is 0 Å². The molecule has 0 spiro atoms. The van der Waals surface area contributed by atoms with E-state index in [1.54, 1.807) is 29.2 Å². The maximum Gasteiger partial charge on any atom is 0.261 e. The molecule has 0 aliphatic carbocycles. The molecule has 1 amide bonds. The Bertz CT molecular complexity index is 1030. The monoisotopic (exact) mass is 394 g/mol. The summed E-state index contributed by atoms with van der Waals surface area (Å²) < 4.78 is 50.2. The van der Waals surface area contributed by atoms with Crippen LogP contribution >= 0.6 is 0 Å². The van der Waals surface area contributed by atoms with Crippen LogP contribution < -0.4 is 9.62 Å². The summed E-state index contributed by atoms with van der Waals surface area (Å²) in [7, 11) is -7.23. The zero-order valence-corrected chi connectivity index (χ0v) is 15.7. The quantitative estimate of drug-likeness (QED) is 0.836. The Morgan fingerprint density at radius 1 is 0.885 bits per heavy atom. The van der Waals surface area contributed by atoms with Crippen LogP contribution in [0.3, 0.4) is 0 Å². The number of sulfone groups is 1. The minimum Gasteiger partial charge on any atom is -0.312 e. The highest BCUT2D eigenvalue weighted by atomic mass is 32.2. The highest BCUT2D eigenvalue weighted by molar-refractivity contribution is 7.92. The average Bonchev–Trinajstić information content (AvgIpc) is 3.01. The molecule has 2 aromatic carbocycles. The van der Waals surface area contributed by atoms with Crippen LogP contribution in [0.2, 0.25) is 0 Å². The molecular weight excluding hydrogens is 376 g/mol. The number of hydrogen-bond acceptors (Lipinski definition) is 5. The Morgan fingerprint density at radius 3 is 1.96 bits per heavy atom. The number of sulfonamides is 1.